The van der Waals surface area contributed by atoms with Crippen LogP contribution < -0.4 is 0 Å². The van der Waals surface area contributed by atoms with Crippen LogP contribution in [0.1, 0.15) is 41.5 Å². The zero-order valence-corrected chi connectivity index (χ0v) is 26.2. The first-order valence-corrected chi connectivity index (χ1v) is 15.8. The smallest absolute Gasteiger partial charge is 0.303 e. The van der Waals surface area contributed by atoms with Crippen LogP contribution in [-0.2, 0) is 57.8 Å². The predicted molar refractivity (Wildman–Crippen MR) is 169 cm³/mol. The van der Waals surface area contributed by atoms with Crippen molar-refractivity contribution in [2.75, 3.05) is 6.61 Å². The maximum atomic E-state index is 12.3. The van der Waals surface area contributed by atoms with E-state index in [2.05, 4.69) is 0 Å². The standard InChI is InChI=1S/C36H38O8S/c1-25(37)39-24-30(43-26(2)38)32-34(40-21-27-13-6-3-7-14-27)36(42-23-29-17-10-5-11-18-29)35(33(44-32)31-19-12-20-45-31)41-22-28-15-8-4-9-16-28/h3-20,30,32-36H,21-24H2,1-2H3/t30-,32-,33-,34-,35-,36+/m1/s1. The maximum absolute atomic E-state index is 12.3. The Kier molecular flexibility index (Phi) is 11.9. The Hall–Kier alpha value is -3.86. The van der Waals surface area contributed by atoms with E-state index >= 15 is 0 Å². The fraction of sp³-hybridized carbons (Fsp3) is 0.333. The van der Waals surface area contributed by atoms with Crippen LogP contribution in [0, 0.1) is 0 Å². The van der Waals surface area contributed by atoms with Crippen LogP contribution in [0.25, 0.3) is 0 Å². The predicted octanol–water partition coefficient (Wildman–Crippen LogP) is 6.44. The summed E-state index contributed by atoms with van der Waals surface area (Å²) < 4.78 is 38.0. The van der Waals surface area contributed by atoms with Gasteiger partial charge in [0.15, 0.2) is 6.10 Å². The van der Waals surface area contributed by atoms with Crippen molar-refractivity contribution >= 4 is 23.3 Å². The molecular formula is C36H38O8S. The second-order valence-corrected chi connectivity index (χ2v) is 11.8. The highest BCUT2D eigenvalue weighted by atomic mass is 32.1. The zero-order chi connectivity index (χ0) is 31.4. The summed E-state index contributed by atoms with van der Waals surface area (Å²) in [6.45, 7) is 3.26. The lowest BCUT2D eigenvalue weighted by Crippen LogP contribution is -2.61. The van der Waals surface area contributed by atoms with Crippen LogP contribution in [0.3, 0.4) is 0 Å². The summed E-state index contributed by atoms with van der Waals surface area (Å²) in [4.78, 5) is 25.1. The van der Waals surface area contributed by atoms with Gasteiger partial charge in [-0.2, -0.15) is 0 Å². The molecule has 1 aliphatic rings. The van der Waals surface area contributed by atoms with Crippen molar-refractivity contribution in [3.8, 4) is 0 Å². The van der Waals surface area contributed by atoms with Gasteiger partial charge in [-0.3, -0.25) is 9.59 Å². The molecule has 45 heavy (non-hydrogen) atoms. The van der Waals surface area contributed by atoms with E-state index < -0.39 is 48.6 Å². The van der Waals surface area contributed by atoms with E-state index in [9.17, 15) is 9.59 Å². The summed E-state index contributed by atoms with van der Waals surface area (Å²) >= 11 is 1.53. The summed E-state index contributed by atoms with van der Waals surface area (Å²) in [6.07, 6.45) is -4.46. The van der Waals surface area contributed by atoms with E-state index in [1.54, 1.807) is 0 Å². The van der Waals surface area contributed by atoms with Gasteiger partial charge in [0.2, 0.25) is 0 Å². The molecule has 6 atom stereocenters. The van der Waals surface area contributed by atoms with Gasteiger partial charge in [0.1, 0.15) is 37.1 Å². The Morgan fingerprint density at radius 2 is 1.18 bits per heavy atom. The van der Waals surface area contributed by atoms with Gasteiger partial charge in [-0.15, -0.1) is 11.3 Å². The molecular weight excluding hydrogens is 592 g/mol. The number of rotatable bonds is 14. The summed E-state index contributed by atoms with van der Waals surface area (Å²) in [5.74, 6) is -1.03. The molecule has 0 amide bonds. The maximum Gasteiger partial charge on any atom is 0.303 e. The van der Waals surface area contributed by atoms with Crippen molar-refractivity contribution < 1.29 is 38.0 Å². The first-order valence-electron chi connectivity index (χ1n) is 14.9. The molecule has 0 radical (unpaired) electrons. The third-order valence-electron chi connectivity index (χ3n) is 7.39. The molecule has 3 aromatic carbocycles. The molecule has 2 heterocycles. The van der Waals surface area contributed by atoms with Gasteiger partial charge in [0.05, 0.1) is 19.8 Å². The van der Waals surface area contributed by atoms with Gasteiger partial charge in [-0.05, 0) is 28.1 Å². The number of benzene rings is 3. The highest BCUT2D eigenvalue weighted by molar-refractivity contribution is 7.10. The minimum Gasteiger partial charge on any atom is -0.462 e. The van der Waals surface area contributed by atoms with E-state index in [4.69, 9.17) is 28.4 Å². The van der Waals surface area contributed by atoms with Gasteiger partial charge >= 0.3 is 11.9 Å². The van der Waals surface area contributed by atoms with E-state index in [1.807, 2.05) is 109 Å². The number of carbonyl (C=O) groups excluding carboxylic acids is 2. The van der Waals surface area contributed by atoms with Crippen molar-refractivity contribution in [2.45, 2.75) is 70.3 Å². The Morgan fingerprint density at radius 3 is 1.64 bits per heavy atom. The fourth-order valence-electron chi connectivity index (χ4n) is 5.32. The molecule has 1 saturated heterocycles. The van der Waals surface area contributed by atoms with Gasteiger partial charge in [0.25, 0.3) is 0 Å². The van der Waals surface area contributed by atoms with Crippen LogP contribution in [0.4, 0.5) is 0 Å². The van der Waals surface area contributed by atoms with Crippen LogP contribution in [0.15, 0.2) is 109 Å². The number of thiophene rings is 1. The SMILES string of the molecule is CC(=O)OC[C@@H](OC(C)=O)[C@H]1O[C@H](c2cccs2)[C@@H](OCc2ccccc2)[C@@H](OCc2ccccc2)[C@@H]1OCc1ccccc1. The number of hydrogen-bond acceptors (Lipinski definition) is 9. The summed E-state index contributed by atoms with van der Waals surface area (Å²) in [5.41, 5.74) is 2.93. The Labute approximate surface area is 267 Å². The normalized spacial score (nSPS) is 22.0. The van der Waals surface area contributed by atoms with E-state index in [0.29, 0.717) is 6.61 Å². The van der Waals surface area contributed by atoms with Gasteiger partial charge in [-0.1, -0.05) is 97.1 Å². The molecule has 4 aromatic rings. The van der Waals surface area contributed by atoms with Crippen LogP contribution in [0.2, 0.25) is 0 Å². The van der Waals surface area contributed by atoms with Crippen molar-refractivity contribution in [3.63, 3.8) is 0 Å². The first-order chi connectivity index (χ1) is 22.0. The average molecular weight is 631 g/mol. The first kappa shape index (κ1) is 32.5. The summed E-state index contributed by atoms with van der Waals surface area (Å²) in [6, 6.07) is 33.5. The topological polar surface area (TPSA) is 89.5 Å². The number of esters is 2. The molecule has 0 N–H and O–H groups in total. The molecule has 236 valence electrons. The van der Waals surface area contributed by atoms with E-state index in [-0.39, 0.29) is 19.8 Å². The van der Waals surface area contributed by atoms with Crippen molar-refractivity contribution in [1.82, 2.24) is 0 Å². The molecule has 0 saturated carbocycles. The third-order valence-corrected chi connectivity index (χ3v) is 8.32. The molecule has 8 nitrogen and oxygen atoms in total. The second kappa shape index (κ2) is 16.5. The molecule has 0 unspecified atom stereocenters. The third kappa shape index (κ3) is 9.32. The zero-order valence-electron chi connectivity index (χ0n) is 25.4. The highest BCUT2D eigenvalue weighted by Crippen LogP contribution is 2.41. The van der Waals surface area contributed by atoms with Gasteiger partial charge in [-0.25, -0.2) is 0 Å². The summed E-state index contributed by atoms with van der Waals surface area (Å²) in [7, 11) is 0. The molecule has 0 spiro atoms. The molecule has 1 aliphatic heterocycles. The molecule has 0 aliphatic carbocycles. The van der Waals surface area contributed by atoms with Gasteiger partial charge in [0, 0.05) is 18.7 Å². The monoisotopic (exact) mass is 630 g/mol. The lowest BCUT2D eigenvalue weighted by Gasteiger charge is -2.47. The fourth-order valence-corrected chi connectivity index (χ4v) is 6.12. The van der Waals surface area contributed by atoms with Crippen molar-refractivity contribution in [2.24, 2.45) is 0 Å². The molecule has 1 fully saturated rings. The summed E-state index contributed by atoms with van der Waals surface area (Å²) in [5, 5.41) is 1.97. The Bertz CT molecular complexity index is 1450. The Morgan fingerprint density at radius 1 is 0.667 bits per heavy atom. The van der Waals surface area contributed by atoms with E-state index in [1.165, 1.54) is 25.2 Å². The number of carbonyl (C=O) groups is 2. The van der Waals surface area contributed by atoms with Gasteiger partial charge < -0.3 is 28.4 Å². The van der Waals surface area contributed by atoms with Crippen molar-refractivity contribution in [3.05, 3.63) is 130 Å². The number of ether oxygens (including phenoxy) is 6. The van der Waals surface area contributed by atoms with Crippen molar-refractivity contribution in [1.29, 1.82) is 0 Å². The Balaban J connectivity index is 1.55. The molecule has 0 bridgehead atoms. The van der Waals surface area contributed by atoms with E-state index in [0.717, 1.165) is 21.6 Å². The minimum absolute atomic E-state index is 0.205. The second-order valence-electron chi connectivity index (χ2n) is 10.8. The molecule has 5 rings (SSSR count). The van der Waals surface area contributed by atoms with Crippen LogP contribution >= 0.6 is 11.3 Å². The van der Waals surface area contributed by atoms with Crippen LogP contribution in [0.5, 0.6) is 0 Å². The highest BCUT2D eigenvalue weighted by Gasteiger charge is 2.52. The lowest BCUT2D eigenvalue weighted by atomic mass is 9.90. The molecule has 1 aromatic heterocycles. The largest absolute Gasteiger partial charge is 0.462 e. The lowest BCUT2D eigenvalue weighted by molar-refractivity contribution is -0.285. The quantitative estimate of drug-likeness (QED) is 0.147. The average Bonchev–Trinajstić information content (AvgIpc) is 3.60. The molecule has 9 heteroatoms. The minimum atomic E-state index is -0.965. The van der Waals surface area contributed by atoms with Crippen LogP contribution in [-0.4, -0.2) is 49.1 Å². The number of hydrogen-bond donors (Lipinski definition) is 0.